The van der Waals surface area contributed by atoms with E-state index >= 15 is 0 Å². The highest BCUT2D eigenvalue weighted by atomic mass is 35.5. The van der Waals surface area contributed by atoms with E-state index in [1.807, 2.05) is 0 Å². The van der Waals surface area contributed by atoms with Crippen LogP contribution in [0.4, 0.5) is 0 Å². The van der Waals surface area contributed by atoms with Crippen LogP contribution in [0.2, 0.25) is 5.02 Å². The minimum atomic E-state index is -3.61. The molecule has 0 radical (unpaired) electrons. The highest BCUT2D eigenvalue weighted by Crippen LogP contribution is 2.28. The summed E-state index contributed by atoms with van der Waals surface area (Å²) in [5, 5.41) is 0.235. The van der Waals surface area contributed by atoms with E-state index in [-0.39, 0.29) is 15.8 Å². The topological polar surface area (TPSA) is 57.7 Å². The number of nitrogens with zero attached hydrogens (tertiary/aromatic N) is 2. The number of sulfonamides is 1. The summed E-state index contributed by atoms with van der Waals surface area (Å²) in [4.78, 5) is 14.4. The summed E-state index contributed by atoms with van der Waals surface area (Å²) >= 11 is 6.05. The molecule has 1 aromatic carbocycles. The van der Waals surface area contributed by atoms with E-state index in [4.69, 9.17) is 11.6 Å². The second-order valence-corrected chi connectivity index (χ2v) is 9.57. The fourth-order valence-electron chi connectivity index (χ4n) is 3.93. The van der Waals surface area contributed by atoms with Crippen molar-refractivity contribution in [3.8, 4) is 0 Å². The highest BCUT2D eigenvalue weighted by molar-refractivity contribution is 7.89. The summed E-state index contributed by atoms with van der Waals surface area (Å²) in [6.45, 7) is 1.55. The fraction of sp³-hybridized carbons (Fsp3) is 0.632. The van der Waals surface area contributed by atoms with Gasteiger partial charge in [-0.1, -0.05) is 55.8 Å². The first kappa shape index (κ1) is 19.6. The van der Waals surface area contributed by atoms with Crippen molar-refractivity contribution in [3.63, 3.8) is 0 Å². The van der Waals surface area contributed by atoms with Crippen molar-refractivity contribution in [1.29, 1.82) is 0 Å². The summed E-state index contributed by atoms with van der Waals surface area (Å²) in [5.74, 6) is 0.847. The molecule has 1 saturated carbocycles. The van der Waals surface area contributed by atoms with Gasteiger partial charge in [-0.3, -0.25) is 4.79 Å². The molecule has 3 rings (SSSR count). The molecule has 1 aliphatic heterocycles. The van der Waals surface area contributed by atoms with Crippen LogP contribution in [0, 0.1) is 5.92 Å². The molecule has 0 atom stereocenters. The van der Waals surface area contributed by atoms with Gasteiger partial charge in [0.25, 0.3) is 0 Å². The molecule has 1 saturated heterocycles. The van der Waals surface area contributed by atoms with Crippen molar-refractivity contribution in [3.05, 3.63) is 29.3 Å². The van der Waals surface area contributed by atoms with E-state index < -0.39 is 10.0 Å². The average Bonchev–Trinajstić information content (AvgIpc) is 2.67. The van der Waals surface area contributed by atoms with Gasteiger partial charge in [-0.25, -0.2) is 8.42 Å². The largest absolute Gasteiger partial charge is 0.340 e. The molecule has 144 valence electrons. The highest BCUT2D eigenvalue weighted by Gasteiger charge is 2.31. The molecular weight excluding hydrogens is 372 g/mol. The number of carbonyl (C=O) groups is 1. The van der Waals surface area contributed by atoms with Crippen LogP contribution >= 0.6 is 11.6 Å². The number of amides is 1. The zero-order valence-electron chi connectivity index (χ0n) is 15.1. The second kappa shape index (κ2) is 8.72. The Kier molecular flexibility index (Phi) is 6.59. The van der Waals surface area contributed by atoms with Crippen LogP contribution in [0.25, 0.3) is 0 Å². The summed E-state index contributed by atoms with van der Waals surface area (Å²) in [6, 6.07) is 6.49. The van der Waals surface area contributed by atoms with E-state index in [0.717, 1.165) is 6.42 Å². The maximum absolute atomic E-state index is 12.8. The van der Waals surface area contributed by atoms with E-state index in [1.54, 1.807) is 23.1 Å². The molecule has 1 aromatic rings. The lowest BCUT2D eigenvalue weighted by Gasteiger charge is -2.34. The first-order chi connectivity index (χ1) is 12.5. The third kappa shape index (κ3) is 4.59. The van der Waals surface area contributed by atoms with Gasteiger partial charge in [0, 0.05) is 32.6 Å². The Balaban J connectivity index is 1.52. The molecule has 2 fully saturated rings. The Morgan fingerprint density at radius 2 is 1.69 bits per heavy atom. The molecule has 1 amide bonds. The normalized spacial score (nSPS) is 20.3. The summed E-state index contributed by atoms with van der Waals surface area (Å²) < 4.78 is 26.9. The minimum absolute atomic E-state index is 0.138. The molecule has 0 N–H and O–H groups in total. The van der Waals surface area contributed by atoms with Gasteiger partial charge in [0.1, 0.15) is 4.90 Å². The standard InChI is InChI=1S/C19H27ClN2O3S/c20-17-8-4-5-9-18(17)26(24,25)22-14-12-21(13-15-22)19(23)11-10-16-6-2-1-3-7-16/h4-5,8-9,16H,1-3,6-7,10-15H2. The zero-order chi connectivity index (χ0) is 18.6. The van der Waals surface area contributed by atoms with Crippen molar-refractivity contribution in [1.82, 2.24) is 9.21 Å². The molecule has 1 aliphatic carbocycles. The summed E-state index contributed by atoms with van der Waals surface area (Å²) in [6.07, 6.45) is 7.95. The van der Waals surface area contributed by atoms with Crippen LogP contribution in [0.5, 0.6) is 0 Å². The monoisotopic (exact) mass is 398 g/mol. The van der Waals surface area contributed by atoms with E-state index in [2.05, 4.69) is 0 Å². The van der Waals surface area contributed by atoms with Gasteiger partial charge in [-0.2, -0.15) is 4.31 Å². The van der Waals surface area contributed by atoms with Crippen LogP contribution < -0.4 is 0 Å². The molecule has 2 aliphatic rings. The predicted molar refractivity (Wildman–Crippen MR) is 103 cm³/mol. The molecule has 0 bridgehead atoms. The van der Waals surface area contributed by atoms with E-state index in [9.17, 15) is 13.2 Å². The maximum Gasteiger partial charge on any atom is 0.244 e. The number of carbonyl (C=O) groups excluding carboxylic acids is 1. The van der Waals surface area contributed by atoms with Gasteiger partial charge < -0.3 is 4.90 Å². The maximum atomic E-state index is 12.8. The molecule has 0 aromatic heterocycles. The van der Waals surface area contributed by atoms with E-state index in [0.29, 0.717) is 38.5 Å². The van der Waals surface area contributed by atoms with Crippen molar-refractivity contribution < 1.29 is 13.2 Å². The van der Waals surface area contributed by atoms with Gasteiger partial charge in [0.05, 0.1) is 5.02 Å². The van der Waals surface area contributed by atoms with Crippen LogP contribution in [-0.2, 0) is 14.8 Å². The third-order valence-electron chi connectivity index (χ3n) is 5.54. The number of benzene rings is 1. The van der Waals surface area contributed by atoms with Crippen molar-refractivity contribution in [2.75, 3.05) is 26.2 Å². The third-order valence-corrected chi connectivity index (χ3v) is 7.94. The average molecular weight is 399 g/mol. The Morgan fingerprint density at radius 3 is 2.35 bits per heavy atom. The Labute approximate surface area is 161 Å². The van der Waals surface area contributed by atoms with Gasteiger partial charge in [-0.05, 0) is 24.5 Å². The number of hydrogen-bond acceptors (Lipinski definition) is 3. The minimum Gasteiger partial charge on any atom is -0.340 e. The smallest absolute Gasteiger partial charge is 0.244 e. The van der Waals surface area contributed by atoms with Crippen molar-refractivity contribution in [2.45, 2.75) is 49.8 Å². The lowest BCUT2D eigenvalue weighted by atomic mass is 9.86. The Bertz CT molecular complexity index is 724. The number of piperazine rings is 1. The zero-order valence-corrected chi connectivity index (χ0v) is 16.6. The molecular formula is C19H27ClN2O3S. The van der Waals surface area contributed by atoms with E-state index in [1.165, 1.54) is 42.5 Å². The van der Waals surface area contributed by atoms with Crippen molar-refractivity contribution in [2.24, 2.45) is 5.92 Å². The summed E-state index contributed by atoms with van der Waals surface area (Å²) in [7, 11) is -3.61. The molecule has 0 unspecified atom stereocenters. The quantitative estimate of drug-likeness (QED) is 0.762. The summed E-state index contributed by atoms with van der Waals surface area (Å²) in [5.41, 5.74) is 0. The van der Waals surface area contributed by atoms with Crippen LogP contribution in [-0.4, -0.2) is 49.7 Å². The van der Waals surface area contributed by atoms with Gasteiger partial charge in [0.15, 0.2) is 0 Å². The molecule has 0 spiro atoms. The second-order valence-electron chi connectivity index (χ2n) is 7.26. The Morgan fingerprint density at radius 1 is 1.04 bits per heavy atom. The molecule has 7 heteroatoms. The number of hydrogen-bond donors (Lipinski definition) is 0. The fourth-order valence-corrected chi connectivity index (χ4v) is 5.85. The van der Waals surface area contributed by atoms with Crippen LogP contribution in [0.1, 0.15) is 44.9 Å². The SMILES string of the molecule is O=C(CCC1CCCCC1)N1CCN(S(=O)(=O)c2ccccc2Cl)CC1. The first-order valence-corrected chi connectivity index (χ1v) is 11.3. The predicted octanol–water partition coefficient (Wildman–Crippen LogP) is 3.53. The number of rotatable bonds is 5. The van der Waals surface area contributed by atoms with Crippen LogP contribution in [0.15, 0.2) is 29.2 Å². The van der Waals surface area contributed by atoms with Crippen LogP contribution in [0.3, 0.4) is 0 Å². The molecule has 1 heterocycles. The van der Waals surface area contributed by atoms with Gasteiger partial charge in [0.2, 0.25) is 15.9 Å². The van der Waals surface area contributed by atoms with Crippen molar-refractivity contribution >= 4 is 27.5 Å². The molecule has 5 nitrogen and oxygen atoms in total. The lowest BCUT2D eigenvalue weighted by molar-refractivity contribution is -0.132. The number of halogens is 1. The van der Waals surface area contributed by atoms with Gasteiger partial charge >= 0.3 is 0 Å². The lowest BCUT2D eigenvalue weighted by Crippen LogP contribution is -2.50. The van der Waals surface area contributed by atoms with Gasteiger partial charge in [-0.15, -0.1) is 0 Å². The molecule has 26 heavy (non-hydrogen) atoms. The Hall–Kier alpha value is -1.11. The first-order valence-electron chi connectivity index (χ1n) is 9.51.